The van der Waals surface area contributed by atoms with Crippen molar-refractivity contribution in [2.24, 2.45) is 0 Å². The van der Waals surface area contributed by atoms with Crippen molar-refractivity contribution in [3.05, 3.63) is 42.2 Å². The summed E-state index contributed by atoms with van der Waals surface area (Å²) < 4.78 is 0. The number of aryl methyl sites for hydroxylation is 1. The van der Waals surface area contributed by atoms with Crippen molar-refractivity contribution in [2.75, 3.05) is 11.9 Å². The van der Waals surface area contributed by atoms with Crippen LogP contribution in [0.4, 0.5) is 5.82 Å². The fraction of sp³-hybridized carbons (Fsp3) is 0.333. The highest BCUT2D eigenvalue weighted by atomic mass is 15.0. The summed E-state index contributed by atoms with van der Waals surface area (Å²) in [5.41, 5.74) is 3.41. The summed E-state index contributed by atoms with van der Waals surface area (Å²) in [4.78, 5) is 8.79. The minimum atomic E-state index is 0.848. The molecule has 0 aliphatic heterocycles. The summed E-state index contributed by atoms with van der Waals surface area (Å²) in [5, 5.41) is 3.25. The van der Waals surface area contributed by atoms with E-state index in [2.05, 4.69) is 53.4 Å². The Kier molecular flexibility index (Phi) is 4.29. The third kappa shape index (κ3) is 2.86. The Morgan fingerprint density at radius 1 is 1.11 bits per heavy atom. The van der Waals surface area contributed by atoms with Gasteiger partial charge in [0.1, 0.15) is 5.69 Å². The minimum absolute atomic E-state index is 0.848. The number of nitrogens with zero attached hydrogens (tertiary/aromatic N) is 2. The highest BCUT2D eigenvalue weighted by Gasteiger charge is 2.07. The van der Waals surface area contributed by atoms with Gasteiger partial charge in [0, 0.05) is 24.5 Å². The molecule has 18 heavy (non-hydrogen) atoms. The number of rotatable bonds is 5. The molecule has 0 saturated carbocycles. The van der Waals surface area contributed by atoms with Gasteiger partial charge < -0.3 is 5.32 Å². The zero-order valence-electron chi connectivity index (χ0n) is 11.0. The Morgan fingerprint density at radius 2 is 1.94 bits per heavy atom. The fourth-order valence-corrected chi connectivity index (χ4v) is 2.01. The SMILES string of the molecule is CCCc1cccc(-c2nccnc2NCC)c1. The van der Waals surface area contributed by atoms with Crippen LogP contribution in [0.3, 0.4) is 0 Å². The van der Waals surface area contributed by atoms with E-state index >= 15 is 0 Å². The van der Waals surface area contributed by atoms with E-state index in [1.54, 1.807) is 12.4 Å². The molecule has 0 unspecified atom stereocenters. The van der Waals surface area contributed by atoms with Crippen molar-refractivity contribution in [1.82, 2.24) is 9.97 Å². The van der Waals surface area contributed by atoms with Gasteiger partial charge in [0.15, 0.2) is 5.82 Å². The molecule has 0 fully saturated rings. The molecule has 0 aliphatic carbocycles. The molecule has 0 amide bonds. The lowest BCUT2D eigenvalue weighted by Crippen LogP contribution is -2.02. The summed E-state index contributed by atoms with van der Waals surface area (Å²) >= 11 is 0. The Morgan fingerprint density at radius 3 is 2.72 bits per heavy atom. The van der Waals surface area contributed by atoms with Crippen LogP contribution in [0, 0.1) is 0 Å². The summed E-state index contributed by atoms with van der Waals surface area (Å²) in [6.07, 6.45) is 5.72. The molecule has 3 nitrogen and oxygen atoms in total. The van der Waals surface area contributed by atoms with Crippen molar-refractivity contribution in [3.8, 4) is 11.3 Å². The largest absolute Gasteiger partial charge is 0.369 e. The number of benzene rings is 1. The number of hydrogen-bond acceptors (Lipinski definition) is 3. The lowest BCUT2D eigenvalue weighted by molar-refractivity contribution is 0.922. The summed E-state index contributed by atoms with van der Waals surface area (Å²) in [6.45, 7) is 5.10. The van der Waals surface area contributed by atoms with E-state index in [0.717, 1.165) is 36.5 Å². The van der Waals surface area contributed by atoms with Gasteiger partial charge in [0.25, 0.3) is 0 Å². The molecule has 3 heteroatoms. The van der Waals surface area contributed by atoms with Gasteiger partial charge in [-0.3, -0.25) is 4.98 Å². The summed E-state index contributed by atoms with van der Waals surface area (Å²) in [5.74, 6) is 0.855. The van der Waals surface area contributed by atoms with Crippen LogP contribution in [0.25, 0.3) is 11.3 Å². The third-order valence-corrected chi connectivity index (χ3v) is 2.78. The van der Waals surface area contributed by atoms with Crippen molar-refractivity contribution in [1.29, 1.82) is 0 Å². The number of nitrogens with one attached hydrogen (secondary N) is 1. The maximum atomic E-state index is 4.44. The Hall–Kier alpha value is -1.90. The molecular formula is C15H19N3. The maximum absolute atomic E-state index is 4.44. The lowest BCUT2D eigenvalue weighted by atomic mass is 10.0. The van der Waals surface area contributed by atoms with E-state index in [1.165, 1.54) is 5.56 Å². The quantitative estimate of drug-likeness (QED) is 0.870. The Labute approximate surface area is 108 Å². The average molecular weight is 241 g/mol. The van der Waals surface area contributed by atoms with Crippen LogP contribution in [-0.2, 0) is 6.42 Å². The molecule has 0 bridgehead atoms. The zero-order chi connectivity index (χ0) is 12.8. The van der Waals surface area contributed by atoms with Crippen molar-refractivity contribution in [3.63, 3.8) is 0 Å². The Bertz CT molecular complexity index is 509. The van der Waals surface area contributed by atoms with Gasteiger partial charge in [-0.25, -0.2) is 4.98 Å². The van der Waals surface area contributed by atoms with E-state index in [4.69, 9.17) is 0 Å². The van der Waals surface area contributed by atoms with Crippen LogP contribution in [0.2, 0.25) is 0 Å². The van der Waals surface area contributed by atoms with Gasteiger partial charge in [-0.05, 0) is 25.0 Å². The fourth-order valence-electron chi connectivity index (χ4n) is 2.01. The molecule has 1 N–H and O–H groups in total. The van der Waals surface area contributed by atoms with Gasteiger partial charge in [-0.15, -0.1) is 0 Å². The first kappa shape index (κ1) is 12.6. The maximum Gasteiger partial charge on any atom is 0.152 e. The predicted octanol–water partition coefficient (Wildman–Crippen LogP) is 3.53. The van der Waals surface area contributed by atoms with Crippen LogP contribution < -0.4 is 5.32 Å². The van der Waals surface area contributed by atoms with Gasteiger partial charge in [0.05, 0.1) is 0 Å². The van der Waals surface area contributed by atoms with Gasteiger partial charge in [-0.1, -0.05) is 31.5 Å². The standard InChI is InChI=1S/C15H19N3/c1-3-6-12-7-5-8-13(11-12)14-15(16-4-2)18-10-9-17-14/h5,7-11H,3-4,6H2,1-2H3,(H,16,18). The number of aromatic nitrogens is 2. The zero-order valence-corrected chi connectivity index (χ0v) is 11.0. The molecule has 0 saturated heterocycles. The molecule has 94 valence electrons. The minimum Gasteiger partial charge on any atom is -0.369 e. The third-order valence-electron chi connectivity index (χ3n) is 2.78. The van der Waals surface area contributed by atoms with E-state index in [0.29, 0.717) is 0 Å². The van der Waals surface area contributed by atoms with E-state index < -0.39 is 0 Å². The first-order valence-corrected chi connectivity index (χ1v) is 6.49. The van der Waals surface area contributed by atoms with E-state index in [1.807, 2.05) is 0 Å². The van der Waals surface area contributed by atoms with Gasteiger partial charge in [-0.2, -0.15) is 0 Å². The Balaban J connectivity index is 2.38. The molecular weight excluding hydrogens is 222 g/mol. The van der Waals surface area contributed by atoms with Gasteiger partial charge in [0.2, 0.25) is 0 Å². The molecule has 0 radical (unpaired) electrons. The molecule has 0 spiro atoms. The van der Waals surface area contributed by atoms with Gasteiger partial charge >= 0.3 is 0 Å². The average Bonchev–Trinajstić information content (AvgIpc) is 2.40. The van der Waals surface area contributed by atoms with Crippen molar-refractivity contribution in [2.45, 2.75) is 26.7 Å². The molecule has 1 aromatic carbocycles. The second kappa shape index (κ2) is 6.15. The number of hydrogen-bond donors (Lipinski definition) is 1. The molecule has 2 rings (SSSR count). The smallest absolute Gasteiger partial charge is 0.152 e. The predicted molar refractivity (Wildman–Crippen MR) is 75.6 cm³/mol. The highest BCUT2D eigenvalue weighted by molar-refractivity contribution is 5.71. The second-order valence-electron chi connectivity index (χ2n) is 4.23. The van der Waals surface area contributed by atoms with Crippen LogP contribution in [-0.4, -0.2) is 16.5 Å². The summed E-state index contributed by atoms with van der Waals surface area (Å²) in [6, 6.07) is 8.54. The van der Waals surface area contributed by atoms with Crippen LogP contribution in [0.15, 0.2) is 36.7 Å². The highest BCUT2D eigenvalue weighted by Crippen LogP contribution is 2.24. The topological polar surface area (TPSA) is 37.8 Å². The number of anilines is 1. The normalized spacial score (nSPS) is 10.3. The summed E-state index contributed by atoms with van der Waals surface area (Å²) in [7, 11) is 0. The molecule has 0 atom stereocenters. The van der Waals surface area contributed by atoms with Crippen LogP contribution >= 0.6 is 0 Å². The molecule has 1 aromatic heterocycles. The first-order chi connectivity index (χ1) is 8.85. The van der Waals surface area contributed by atoms with Crippen LogP contribution in [0.1, 0.15) is 25.8 Å². The van der Waals surface area contributed by atoms with Crippen LogP contribution in [0.5, 0.6) is 0 Å². The molecule has 1 heterocycles. The first-order valence-electron chi connectivity index (χ1n) is 6.49. The second-order valence-corrected chi connectivity index (χ2v) is 4.23. The monoisotopic (exact) mass is 241 g/mol. The van der Waals surface area contributed by atoms with Crippen molar-refractivity contribution < 1.29 is 0 Å². The molecule has 0 aliphatic rings. The van der Waals surface area contributed by atoms with E-state index in [9.17, 15) is 0 Å². The van der Waals surface area contributed by atoms with E-state index in [-0.39, 0.29) is 0 Å². The molecule has 2 aromatic rings. The lowest BCUT2D eigenvalue weighted by Gasteiger charge is -2.09. The van der Waals surface area contributed by atoms with Crippen molar-refractivity contribution >= 4 is 5.82 Å².